The molecular formula is C12H21NO2. The molecule has 0 bridgehead atoms. The first-order chi connectivity index (χ1) is 6.96. The van der Waals surface area contributed by atoms with Crippen LogP contribution >= 0.6 is 0 Å². The first-order valence-electron chi connectivity index (χ1n) is 5.64. The van der Waals surface area contributed by atoms with Crippen LogP contribution in [0.25, 0.3) is 0 Å². The highest BCUT2D eigenvalue weighted by Gasteiger charge is 2.30. The molecule has 0 aromatic carbocycles. The molecule has 1 amide bonds. The molecule has 1 aliphatic rings. The summed E-state index contributed by atoms with van der Waals surface area (Å²) in [7, 11) is 0. The minimum absolute atomic E-state index is 0.0665. The third-order valence-electron chi connectivity index (χ3n) is 2.81. The molecule has 0 saturated carbocycles. The predicted molar refractivity (Wildman–Crippen MR) is 60.5 cm³/mol. The molecule has 1 rings (SSSR count). The second kappa shape index (κ2) is 4.79. The average Bonchev–Trinajstić information content (AvgIpc) is 2.15. The van der Waals surface area contributed by atoms with Crippen LogP contribution in [0.15, 0.2) is 11.6 Å². The van der Waals surface area contributed by atoms with Crippen LogP contribution in [-0.4, -0.2) is 34.6 Å². The SMILES string of the molecule is CC/C=C(/C)C(=O)N1CCCC(C)(O)C1. The van der Waals surface area contributed by atoms with E-state index in [9.17, 15) is 9.90 Å². The Labute approximate surface area is 91.8 Å². The van der Waals surface area contributed by atoms with Gasteiger partial charge in [-0.05, 0) is 33.1 Å². The van der Waals surface area contributed by atoms with E-state index in [4.69, 9.17) is 0 Å². The number of likely N-dealkylation sites (tertiary alicyclic amines) is 1. The molecule has 0 aliphatic carbocycles. The van der Waals surface area contributed by atoms with Gasteiger partial charge in [0.2, 0.25) is 5.91 Å². The Balaban J connectivity index is 2.64. The summed E-state index contributed by atoms with van der Waals surface area (Å²) in [6.45, 7) is 6.88. The molecule has 0 spiro atoms. The van der Waals surface area contributed by atoms with Gasteiger partial charge in [0.1, 0.15) is 0 Å². The van der Waals surface area contributed by atoms with Crippen LogP contribution in [0.4, 0.5) is 0 Å². The number of β-amino-alcohol motifs (C(OH)–C–C–N with tert-alkyl or cyclic N) is 1. The lowest BCUT2D eigenvalue weighted by Crippen LogP contribution is -2.48. The minimum atomic E-state index is -0.708. The van der Waals surface area contributed by atoms with Crippen molar-refractivity contribution in [1.82, 2.24) is 4.90 Å². The van der Waals surface area contributed by atoms with Crippen LogP contribution in [0.1, 0.15) is 40.0 Å². The van der Waals surface area contributed by atoms with Crippen LogP contribution in [0.2, 0.25) is 0 Å². The Morgan fingerprint density at radius 2 is 2.27 bits per heavy atom. The lowest BCUT2D eigenvalue weighted by Gasteiger charge is -2.37. The van der Waals surface area contributed by atoms with Crippen LogP contribution in [0, 0.1) is 0 Å². The lowest BCUT2D eigenvalue weighted by molar-refractivity contribution is -0.133. The number of hydrogen-bond donors (Lipinski definition) is 1. The molecule has 15 heavy (non-hydrogen) atoms. The zero-order chi connectivity index (χ0) is 11.5. The topological polar surface area (TPSA) is 40.5 Å². The average molecular weight is 211 g/mol. The molecule has 1 atom stereocenters. The number of aliphatic hydroxyl groups is 1. The number of amides is 1. The van der Waals surface area contributed by atoms with Gasteiger partial charge in [0.25, 0.3) is 0 Å². The van der Waals surface area contributed by atoms with Gasteiger partial charge in [-0.3, -0.25) is 4.79 Å². The number of hydrogen-bond acceptors (Lipinski definition) is 2. The van der Waals surface area contributed by atoms with Crippen LogP contribution < -0.4 is 0 Å². The van der Waals surface area contributed by atoms with Crippen molar-refractivity contribution in [2.75, 3.05) is 13.1 Å². The minimum Gasteiger partial charge on any atom is -0.388 e. The van der Waals surface area contributed by atoms with Gasteiger partial charge < -0.3 is 10.0 Å². The molecule has 1 unspecified atom stereocenters. The lowest BCUT2D eigenvalue weighted by atomic mass is 9.94. The zero-order valence-electron chi connectivity index (χ0n) is 9.92. The van der Waals surface area contributed by atoms with E-state index in [2.05, 4.69) is 0 Å². The summed E-state index contributed by atoms with van der Waals surface area (Å²) < 4.78 is 0. The molecule has 3 nitrogen and oxygen atoms in total. The van der Waals surface area contributed by atoms with Crippen LogP contribution in [0.5, 0.6) is 0 Å². The summed E-state index contributed by atoms with van der Waals surface area (Å²) in [4.78, 5) is 13.7. The first kappa shape index (κ1) is 12.2. The van der Waals surface area contributed by atoms with E-state index in [1.165, 1.54) is 0 Å². The van der Waals surface area contributed by atoms with E-state index in [1.54, 1.807) is 11.8 Å². The molecule has 1 heterocycles. The van der Waals surface area contributed by atoms with Gasteiger partial charge >= 0.3 is 0 Å². The second-order valence-corrected chi connectivity index (χ2v) is 4.62. The predicted octanol–water partition coefficient (Wildman–Crippen LogP) is 1.72. The fourth-order valence-corrected chi connectivity index (χ4v) is 2.04. The third-order valence-corrected chi connectivity index (χ3v) is 2.81. The zero-order valence-corrected chi connectivity index (χ0v) is 9.92. The number of carbonyl (C=O) groups is 1. The van der Waals surface area contributed by atoms with Crippen molar-refractivity contribution in [1.29, 1.82) is 0 Å². The molecule has 0 radical (unpaired) electrons. The number of allylic oxidation sites excluding steroid dienone is 1. The normalized spacial score (nSPS) is 28.0. The van der Waals surface area contributed by atoms with Crippen molar-refractivity contribution in [3.63, 3.8) is 0 Å². The van der Waals surface area contributed by atoms with E-state index in [0.717, 1.165) is 31.4 Å². The van der Waals surface area contributed by atoms with E-state index in [-0.39, 0.29) is 5.91 Å². The van der Waals surface area contributed by atoms with Gasteiger partial charge in [0.05, 0.1) is 5.60 Å². The van der Waals surface area contributed by atoms with E-state index in [0.29, 0.717) is 6.54 Å². The van der Waals surface area contributed by atoms with Crippen molar-refractivity contribution in [2.45, 2.75) is 45.6 Å². The van der Waals surface area contributed by atoms with Gasteiger partial charge in [-0.2, -0.15) is 0 Å². The summed E-state index contributed by atoms with van der Waals surface area (Å²) in [6.07, 6.45) is 4.49. The maximum Gasteiger partial charge on any atom is 0.249 e. The summed E-state index contributed by atoms with van der Waals surface area (Å²) >= 11 is 0. The number of rotatable bonds is 2. The maximum atomic E-state index is 11.9. The maximum absolute atomic E-state index is 11.9. The van der Waals surface area contributed by atoms with Gasteiger partial charge in [-0.1, -0.05) is 13.0 Å². The Kier molecular flexibility index (Phi) is 3.91. The highest BCUT2D eigenvalue weighted by Crippen LogP contribution is 2.21. The standard InChI is InChI=1S/C12H21NO2/c1-4-6-10(2)11(14)13-8-5-7-12(3,15)9-13/h6,15H,4-5,7-9H2,1-3H3/b10-6-. The largest absolute Gasteiger partial charge is 0.388 e. The highest BCUT2D eigenvalue weighted by molar-refractivity contribution is 5.92. The van der Waals surface area contributed by atoms with Crippen molar-refractivity contribution >= 4 is 5.91 Å². The molecular weight excluding hydrogens is 190 g/mol. The summed E-state index contributed by atoms with van der Waals surface area (Å²) in [5.41, 5.74) is 0.0793. The third kappa shape index (κ3) is 3.34. The number of nitrogens with zero attached hydrogens (tertiary/aromatic N) is 1. The van der Waals surface area contributed by atoms with Gasteiger partial charge in [0.15, 0.2) is 0 Å². The first-order valence-corrected chi connectivity index (χ1v) is 5.64. The second-order valence-electron chi connectivity index (χ2n) is 4.62. The number of carbonyl (C=O) groups excluding carboxylic acids is 1. The van der Waals surface area contributed by atoms with Crippen molar-refractivity contribution in [3.8, 4) is 0 Å². The van der Waals surface area contributed by atoms with Crippen LogP contribution in [-0.2, 0) is 4.79 Å². The van der Waals surface area contributed by atoms with Crippen molar-refractivity contribution in [2.24, 2.45) is 0 Å². The fraction of sp³-hybridized carbons (Fsp3) is 0.750. The molecule has 1 fully saturated rings. The Bertz CT molecular complexity index is 269. The quantitative estimate of drug-likeness (QED) is 0.706. The van der Waals surface area contributed by atoms with E-state index in [1.807, 2.05) is 19.9 Å². The molecule has 1 saturated heterocycles. The number of piperidine rings is 1. The van der Waals surface area contributed by atoms with E-state index >= 15 is 0 Å². The monoisotopic (exact) mass is 211 g/mol. The summed E-state index contributed by atoms with van der Waals surface area (Å²) in [5.74, 6) is 0.0665. The molecule has 86 valence electrons. The molecule has 0 aromatic heterocycles. The van der Waals surface area contributed by atoms with Crippen molar-refractivity contribution in [3.05, 3.63) is 11.6 Å². The van der Waals surface area contributed by atoms with Gasteiger partial charge in [-0.25, -0.2) is 0 Å². The van der Waals surface area contributed by atoms with E-state index < -0.39 is 5.60 Å². The Morgan fingerprint density at radius 3 is 2.80 bits per heavy atom. The van der Waals surface area contributed by atoms with Crippen molar-refractivity contribution < 1.29 is 9.90 Å². The molecule has 3 heteroatoms. The Morgan fingerprint density at radius 1 is 1.60 bits per heavy atom. The summed E-state index contributed by atoms with van der Waals surface area (Å²) in [6, 6.07) is 0. The fourth-order valence-electron chi connectivity index (χ4n) is 2.04. The molecule has 1 N–H and O–H groups in total. The smallest absolute Gasteiger partial charge is 0.249 e. The van der Waals surface area contributed by atoms with Gasteiger partial charge in [-0.15, -0.1) is 0 Å². The molecule has 0 aromatic rings. The summed E-state index contributed by atoms with van der Waals surface area (Å²) in [5, 5.41) is 9.89. The highest BCUT2D eigenvalue weighted by atomic mass is 16.3. The Hall–Kier alpha value is -0.830. The van der Waals surface area contributed by atoms with Gasteiger partial charge in [0, 0.05) is 18.7 Å². The molecule has 1 aliphatic heterocycles. The van der Waals surface area contributed by atoms with Crippen LogP contribution in [0.3, 0.4) is 0 Å².